The van der Waals surface area contributed by atoms with Crippen LogP contribution in [0.4, 0.5) is 0 Å². The number of ether oxygens (including phenoxy) is 2. The predicted octanol–water partition coefficient (Wildman–Crippen LogP) is -2.43. The second-order valence-corrected chi connectivity index (χ2v) is 10.4. The number of esters is 3. The second kappa shape index (κ2) is 19.2. The molecule has 0 aromatic carbocycles. The molecular formula is C26H46N8O11. The molecule has 0 unspecified atom stereocenters. The summed E-state index contributed by atoms with van der Waals surface area (Å²) in [5.41, 5.74) is 0. The summed E-state index contributed by atoms with van der Waals surface area (Å²) in [7, 11) is 0. The summed E-state index contributed by atoms with van der Waals surface area (Å²) in [6.45, 7) is 14.7. The quantitative estimate of drug-likeness (QED) is 0.226. The van der Waals surface area contributed by atoms with Crippen molar-refractivity contribution in [3.63, 3.8) is 0 Å². The van der Waals surface area contributed by atoms with Crippen molar-refractivity contribution in [1.29, 1.82) is 0 Å². The Labute approximate surface area is 262 Å². The van der Waals surface area contributed by atoms with Gasteiger partial charge in [-0.2, -0.15) is 0 Å². The first-order chi connectivity index (χ1) is 20.4. The molecule has 3 aliphatic heterocycles. The molecule has 3 fully saturated rings. The van der Waals surface area contributed by atoms with E-state index in [0.29, 0.717) is 26.7 Å². The molecule has 0 spiro atoms. The highest BCUT2D eigenvalue weighted by Crippen LogP contribution is 2.14. The van der Waals surface area contributed by atoms with Crippen molar-refractivity contribution >= 4 is 47.4 Å². The van der Waals surface area contributed by atoms with E-state index < -0.39 is 17.9 Å². The molecule has 3 heterocycles. The Balaban J connectivity index is 0.000000725. The molecule has 2 N–H and O–H groups in total. The van der Waals surface area contributed by atoms with Gasteiger partial charge in [-0.1, -0.05) is 0 Å². The van der Waals surface area contributed by atoms with Crippen LogP contribution in [0.25, 0.3) is 0 Å². The molecular weight excluding hydrogens is 600 g/mol. The smallest absolute Gasteiger partial charge is 0.310 e. The highest BCUT2D eigenvalue weighted by molar-refractivity contribution is 5.82. The molecule has 19 heteroatoms. The van der Waals surface area contributed by atoms with E-state index in [0.717, 1.165) is 6.67 Å². The molecule has 45 heavy (non-hydrogen) atoms. The fourth-order valence-electron chi connectivity index (χ4n) is 4.14. The molecule has 0 aromatic heterocycles. The number of amides is 5. The number of fused-ring (bicyclic) bond motifs is 2. The number of hydrogen-bond donors (Lipinski definition) is 0. The molecule has 3 aliphatic rings. The van der Waals surface area contributed by atoms with Crippen LogP contribution in [0.5, 0.6) is 0 Å². The van der Waals surface area contributed by atoms with Crippen molar-refractivity contribution in [1.82, 2.24) is 39.2 Å². The third-order valence-corrected chi connectivity index (χ3v) is 6.27. The van der Waals surface area contributed by atoms with Gasteiger partial charge >= 0.3 is 17.9 Å². The van der Waals surface area contributed by atoms with Gasteiger partial charge in [0, 0.05) is 55.4 Å². The lowest BCUT2D eigenvalue weighted by Gasteiger charge is -2.49. The zero-order chi connectivity index (χ0) is 33.7. The molecule has 256 valence electrons. The number of carbonyl (C=O) groups is 8. The minimum absolute atomic E-state index is 0. The van der Waals surface area contributed by atoms with E-state index in [4.69, 9.17) is 4.74 Å². The van der Waals surface area contributed by atoms with Crippen molar-refractivity contribution < 1.29 is 53.3 Å². The molecule has 0 aliphatic carbocycles. The highest BCUT2D eigenvalue weighted by Gasteiger charge is 2.32. The van der Waals surface area contributed by atoms with Crippen LogP contribution in [0, 0.1) is 0 Å². The van der Waals surface area contributed by atoms with Crippen LogP contribution in [0.2, 0.25) is 0 Å². The first-order valence-electron chi connectivity index (χ1n) is 13.7. The van der Waals surface area contributed by atoms with Crippen molar-refractivity contribution in [2.45, 2.75) is 55.4 Å². The predicted molar refractivity (Wildman–Crippen MR) is 155 cm³/mol. The fraction of sp³-hybridized carbons (Fsp3) is 0.692. The van der Waals surface area contributed by atoms with E-state index in [9.17, 15) is 38.4 Å². The van der Waals surface area contributed by atoms with Crippen molar-refractivity contribution in [2.24, 2.45) is 0 Å². The maximum atomic E-state index is 11.7. The molecule has 0 aromatic rings. The van der Waals surface area contributed by atoms with Crippen LogP contribution >= 0.6 is 0 Å². The first kappa shape index (κ1) is 40.8. The average molecular weight is 647 g/mol. The lowest BCUT2D eigenvalue weighted by atomic mass is 10.4. The average Bonchev–Trinajstić information content (AvgIpc) is 2.86. The molecule has 5 amide bonds. The Bertz CT molecular complexity index is 1030. The van der Waals surface area contributed by atoms with E-state index in [1.165, 1.54) is 56.2 Å². The van der Waals surface area contributed by atoms with E-state index in [2.05, 4.69) is 14.5 Å². The molecule has 3 rings (SSSR count). The number of nitrogens with zero attached hydrogens (tertiary/aromatic N) is 8. The Morgan fingerprint density at radius 3 is 0.956 bits per heavy atom. The van der Waals surface area contributed by atoms with Gasteiger partial charge in [0.05, 0.1) is 60.0 Å². The van der Waals surface area contributed by atoms with E-state index in [1.54, 1.807) is 28.5 Å². The Hall–Kier alpha value is -4.20. The maximum absolute atomic E-state index is 11.7. The lowest BCUT2D eigenvalue weighted by molar-refractivity contribution is -0.163. The zero-order valence-electron chi connectivity index (χ0n) is 27.2. The molecule has 0 saturated carbocycles. The molecule has 19 nitrogen and oxygen atoms in total. The topological polar surface area (TPSA) is 212 Å². The van der Waals surface area contributed by atoms with Crippen LogP contribution in [0.1, 0.15) is 55.4 Å². The van der Waals surface area contributed by atoms with Crippen molar-refractivity contribution in [3.8, 4) is 0 Å². The SMILES string of the molecule is CC(=O)N1CN2CN(C1)CN(C(C)=O)C2.CC(=O)OC(C)=O.CC(=O)OCN1CN(C(C)=O)CN(C(C)=O)CN(C(C)=O)C1.O. The van der Waals surface area contributed by atoms with Gasteiger partial charge in [-0.3, -0.25) is 48.2 Å². The van der Waals surface area contributed by atoms with Crippen LogP contribution in [0.3, 0.4) is 0 Å². The number of rotatable bonds is 2. The summed E-state index contributed by atoms with van der Waals surface area (Å²) in [5, 5.41) is 0. The maximum Gasteiger partial charge on any atom is 0.310 e. The largest absolute Gasteiger partial charge is 0.450 e. The molecule has 2 bridgehead atoms. The van der Waals surface area contributed by atoms with Gasteiger partial charge in [-0.25, -0.2) is 4.90 Å². The summed E-state index contributed by atoms with van der Waals surface area (Å²) >= 11 is 0. The van der Waals surface area contributed by atoms with Gasteiger partial charge in [0.1, 0.15) is 6.73 Å². The normalized spacial score (nSPS) is 19.5. The van der Waals surface area contributed by atoms with Gasteiger partial charge < -0.3 is 39.4 Å². The van der Waals surface area contributed by atoms with Crippen LogP contribution < -0.4 is 0 Å². The molecule has 3 saturated heterocycles. The monoisotopic (exact) mass is 646 g/mol. The van der Waals surface area contributed by atoms with Crippen LogP contribution in [-0.2, 0) is 47.8 Å². The fourth-order valence-corrected chi connectivity index (χ4v) is 4.14. The van der Waals surface area contributed by atoms with Crippen molar-refractivity contribution in [2.75, 3.05) is 66.7 Å². The summed E-state index contributed by atoms with van der Waals surface area (Å²) in [6, 6.07) is 0. The third kappa shape index (κ3) is 15.4. The highest BCUT2D eigenvalue weighted by atomic mass is 16.6. The van der Waals surface area contributed by atoms with Crippen LogP contribution in [-0.4, -0.2) is 159 Å². The number of hydrogen-bond acceptors (Lipinski definition) is 13. The zero-order valence-corrected chi connectivity index (χ0v) is 27.2. The number of carbonyl (C=O) groups excluding carboxylic acids is 8. The van der Waals surface area contributed by atoms with Gasteiger partial charge in [-0.05, 0) is 0 Å². The van der Waals surface area contributed by atoms with Crippen molar-refractivity contribution in [3.05, 3.63) is 0 Å². The van der Waals surface area contributed by atoms with E-state index >= 15 is 0 Å². The Kier molecular flexibility index (Phi) is 17.4. The Morgan fingerprint density at radius 2 is 0.711 bits per heavy atom. The van der Waals surface area contributed by atoms with E-state index in [-0.39, 0.29) is 68.4 Å². The summed E-state index contributed by atoms with van der Waals surface area (Å²) in [6.07, 6.45) is 0. The minimum atomic E-state index is -0.562. The second-order valence-electron chi connectivity index (χ2n) is 10.4. The Morgan fingerprint density at radius 1 is 0.422 bits per heavy atom. The molecule has 0 radical (unpaired) electrons. The summed E-state index contributed by atoms with van der Waals surface area (Å²) < 4.78 is 8.91. The first-order valence-corrected chi connectivity index (χ1v) is 13.7. The standard InChI is InChI=1S/C13H22N4O5.C9H16N4O2.C4H6O3.H2O/c1-10(18)15-5-14(9-22-13(4)21)6-16(11(2)19)8-17(7-15)12(3)20;1-8(14)12-4-10-3-11(5-12)7-13(6-10)9(2)15;1-3(5)7-4(2)6;/h5-9H2,1-4H3;3-7H2,1-2H3;1-2H3;1H2. The van der Waals surface area contributed by atoms with Gasteiger partial charge in [0.25, 0.3) is 0 Å². The summed E-state index contributed by atoms with van der Waals surface area (Å²) in [4.78, 5) is 102. The van der Waals surface area contributed by atoms with Gasteiger partial charge in [-0.15, -0.1) is 0 Å². The van der Waals surface area contributed by atoms with E-state index in [1.807, 2.05) is 0 Å². The summed E-state index contributed by atoms with van der Waals surface area (Å²) in [5.74, 6) is -2.06. The van der Waals surface area contributed by atoms with Gasteiger partial charge in [0.15, 0.2) is 0 Å². The molecule has 0 atom stereocenters. The lowest BCUT2D eigenvalue weighted by Crippen LogP contribution is -2.65. The third-order valence-electron chi connectivity index (χ3n) is 6.27. The van der Waals surface area contributed by atoms with Gasteiger partial charge in [0.2, 0.25) is 29.5 Å². The van der Waals surface area contributed by atoms with Crippen LogP contribution in [0.15, 0.2) is 0 Å². The minimum Gasteiger partial charge on any atom is -0.450 e.